The Morgan fingerprint density at radius 2 is 2.24 bits per heavy atom. The molecule has 2 aromatic heterocycles. The first-order chi connectivity index (χ1) is 8.24. The van der Waals surface area contributed by atoms with E-state index in [0.717, 1.165) is 24.5 Å². The SMILES string of the molecule is CCc1nc(CC)n(CC(=O)c2ccco2)n1. The van der Waals surface area contributed by atoms with Gasteiger partial charge in [-0.1, -0.05) is 13.8 Å². The molecule has 5 nitrogen and oxygen atoms in total. The van der Waals surface area contributed by atoms with E-state index < -0.39 is 0 Å². The van der Waals surface area contributed by atoms with Crippen LogP contribution in [-0.2, 0) is 19.4 Å². The van der Waals surface area contributed by atoms with Crippen LogP contribution in [0.15, 0.2) is 22.8 Å². The van der Waals surface area contributed by atoms with E-state index in [4.69, 9.17) is 4.42 Å². The van der Waals surface area contributed by atoms with Crippen molar-refractivity contribution < 1.29 is 9.21 Å². The van der Waals surface area contributed by atoms with Gasteiger partial charge in [-0.25, -0.2) is 9.67 Å². The molecular formula is C12H15N3O2. The molecule has 2 rings (SSSR count). The summed E-state index contributed by atoms with van der Waals surface area (Å²) in [6.45, 7) is 4.18. The third kappa shape index (κ3) is 2.43. The van der Waals surface area contributed by atoms with Crippen LogP contribution in [0.4, 0.5) is 0 Å². The number of rotatable bonds is 5. The molecule has 17 heavy (non-hydrogen) atoms. The maximum atomic E-state index is 11.9. The fourth-order valence-corrected chi connectivity index (χ4v) is 1.62. The molecule has 2 aromatic rings. The molecule has 0 spiro atoms. The molecule has 0 unspecified atom stereocenters. The van der Waals surface area contributed by atoms with Crippen molar-refractivity contribution >= 4 is 5.78 Å². The van der Waals surface area contributed by atoms with Crippen LogP contribution < -0.4 is 0 Å². The number of nitrogens with zero attached hydrogens (tertiary/aromatic N) is 3. The summed E-state index contributed by atoms with van der Waals surface area (Å²) in [6.07, 6.45) is 3.03. The normalized spacial score (nSPS) is 10.7. The monoisotopic (exact) mass is 233 g/mol. The van der Waals surface area contributed by atoms with E-state index in [0.29, 0.717) is 5.76 Å². The zero-order valence-electron chi connectivity index (χ0n) is 10.0. The lowest BCUT2D eigenvalue weighted by atomic mass is 10.3. The van der Waals surface area contributed by atoms with Gasteiger partial charge in [-0.2, -0.15) is 5.10 Å². The highest BCUT2D eigenvalue weighted by molar-refractivity contribution is 5.93. The van der Waals surface area contributed by atoms with Crippen molar-refractivity contribution in [3.63, 3.8) is 0 Å². The number of aromatic nitrogens is 3. The lowest BCUT2D eigenvalue weighted by Crippen LogP contribution is -2.13. The average molecular weight is 233 g/mol. The first-order valence-electron chi connectivity index (χ1n) is 5.73. The van der Waals surface area contributed by atoms with E-state index in [1.807, 2.05) is 13.8 Å². The molecular weight excluding hydrogens is 218 g/mol. The topological polar surface area (TPSA) is 60.9 Å². The molecule has 0 N–H and O–H groups in total. The average Bonchev–Trinajstić information content (AvgIpc) is 2.97. The van der Waals surface area contributed by atoms with Gasteiger partial charge in [0.15, 0.2) is 11.6 Å². The van der Waals surface area contributed by atoms with E-state index in [2.05, 4.69) is 10.1 Å². The van der Waals surface area contributed by atoms with Crippen molar-refractivity contribution in [1.82, 2.24) is 14.8 Å². The van der Waals surface area contributed by atoms with Gasteiger partial charge >= 0.3 is 0 Å². The Bertz CT molecular complexity index is 500. The third-order valence-electron chi connectivity index (χ3n) is 2.51. The van der Waals surface area contributed by atoms with Gasteiger partial charge in [0.05, 0.1) is 6.26 Å². The zero-order valence-corrected chi connectivity index (χ0v) is 10.0. The molecule has 0 fully saturated rings. The van der Waals surface area contributed by atoms with Crippen LogP contribution in [0.5, 0.6) is 0 Å². The molecule has 5 heteroatoms. The number of hydrogen-bond donors (Lipinski definition) is 0. The maximum absolute atomic E-state index is 11.9. The summed E-state index contributed by atoms with van der Waals surface area (Å²) >= 11 is 0. The molecule has 0 aliphatic heterocycles. The largest absolute Gasteiger partial charge is 0.461 e. The summed E-state index contributed by atoms with van der Waals surface area (Å²) in [4.78, 5) is 16.2. The van der Waals surface area contributed by atoms with Gasteiger partial charge in [0.2, 0.25) is 5.78 Å². The number of aryl methyl sites for hydroxylation is 2. The fraction of sp³-hybridized carbons (Fsp3) is 0.417. The minimum absolute atomic E-state index is 0.0859. The number of carbonyl (C=O) groups is 1. The number of hydrogen-bond acceptors (Lipinski definition) is 4. The Morgan fingerprint density at radius 3 is 2.82 bits per heavy atom. The first kappa shape index (κ1) is 11.6. The van der Waals surface area contributed by atoms with Gasteiger partial charge in [-0.05, 0) is 12.1 Å². The molecule has 0 aromatic carbocycles. The van der Waals surface area contributed by atoms with Crippen LogP contribution in [0.2, 0.25) is 0 Å². The van der Waals surface area contributed by atoms with E-state index in [-0.39, 0.29) is 12.3 Å². The Labute approximate surface area is 99.5 Å². The Hall–Kier alpha value is -1.91. The number of Topliss-reactive ketones (excluding diaryl/α,β-unsaturated/α-hetero) is 1. The van der Waals surface area contributed by atoms with Gasteiger partial charge in [-0.15, -0.1) is 0 Å². The van der Waals surface area contributed by atoms with Crippen molar-refractivity contribution in [3.8, 4) is 0 Å². The Balaban J connectivity index is 2.18. The molecule has 0 aliphatic carbocycles. The number of ketones is 1. The Morgan fingerprint density at radius 1 is 1.41 bits per heavy atom. The van der Waals surface area contributed by atoms with Gasteiger partial charge in [0.1, 0.15) is 12.4 Å². The number of furan rings is 1. The highest BCUT2D eigenvalue weighted by Crippen LogP contribution is 2.06. The van der Waals surface area contributed by atoms with Crippen molar-refractivity contribution in [3.05, 3.63) is 35.8 Å². The summed E-state index contributed by atoms with van der Waals surface area (Å²) in [6, 6.07) is 3.36. The predicted molar refractivity (Wildman–Crippen MR) is 61.8 cm³/mol. The molecule has 0 aliphatic rings. The standard InChI is InChI=1S/C12H15N3O2/c1-3-11-13-12(4-2)15(14-11)8-9(16)10-6-5-7-17-10/h5-7H,3-4,8H2,1-2H3. The van der Waals surface area contributed by atoms with Crippen molar-refractivity contribution in [2.45, 2.75) is 33.2 Å². The van der Waals surface area contributed by atoms with E-state index >= 15 is 0 Å². The number of carbonyl (C=O) groups excluding carboxylic acids is 1. The van der Waals surface area contributed by atoms with Crippen LogP contribution in [0.25, 0.3) is 0 Å². The van der Waals surface area contributed by atoms with Crippen LogP contribution >= 0.6 is 0 Å². The predicted octanol–water partition coefficient (Wildman–Crippen LogP) is 1.88. The summed E-state index contributed by atoms with van der Waals surface area (Å²) < 4.78 is 6.72. The quantitative estimate of drug-likeness (QED) is 0.740. The van der Waals surface area contributed by atoms with Crippen molar-refractivity contribution in [2.24, 2.45) is 0 Å². The minimum atomic E-state index is -0.0859. The summed E-state index contributed by atoms with van der Waals surface area (Å²) in [5, 5.41) is 4.29. The van der Waals surface area contributed by atoms with Gasteiger partial charge < -0.3 is 4.42 Å². The molecule has 0 atom stereocenters. The molecule has 0 saturated carbocycles. The molecule has 0 amide bonds. The lowest BCUT2D eigenvalue weighted by molar-refractivity contribution is 0.0939. The highest BCUT2D eigenvalue weighted by atomic mass is 16.3. The van der Waals surface area contributed by atoms with E-state index in [1.54, 1.807) is 16.8 Å². The van der Waals surface area contributed by atoms with Gasteiger partial charge in [-0.3, -0.25) is 4.79 Å². The zero-order chi connectivity index (χ0) is 12.3. The lowest BCUT2D eigenvalue weighted by Gasteiger charge is -2.01. The summed E-state index contributed by atoms with van der Waals surface area (Å²) in [5.74, 6) is 1.88. The first-order valence-corrected chi connectivity index (χ1v) is 5.73. The van der Waals surface area contributed by atoms with Gasteiger partial charge in [0, 0.05) is 12.8 Å². The van der Waals surface area contributed by atoms with Crippen LogP contribution in [0.3, 0.4) is 0 Å². The molecule has 2 heterocycles. The van der Waals surface area contributed by atoms with E-state index in [9.17, 15) is 4.79 Å². The minimum Gasteiger partial charge on any atom is -0.461 e. The van der Waals surface area contributed by atoms with Crippen LogP contribution in [0, 0.1) is 0 Å². The summed E-state index contributed by atoms with van der Waals surface area (Å²) in [5.41, 5.74) is 0. The molecule has 90 valence electrons. The molecule has 0 saturated heterocycles. The van der Waals surface area contributed by atoms with E-state index in [1.165, 1.54) is 6.26 Å². The van der Waals surface area contributed by atoms with Crippen LogP contribution in [0.1, 0.15) is 36.1 Å². The maximum Gasteiger partial charge on any atom is 0.219 e. The Kier molecular flexibility index (Phi) is 3.37. The van der Waals surface area contributed by atoms with Gasteiger partial charge in [0.25, 0.3) is 0 Å². The second-order valence-corrected chi connectivity index (χ2v) is 3.71. The molecule has 0 radical (unpaired) electrons. The molecule has 0 bridgehead atoms. The van der Waals surface area contributed by atoms with Crippen molar-refractivity contribution in [2.75, 3.05) is 0 Å². The highest BCUT2D eigenvalue weighted by Gasteiger charge is 2.14. The second kappa shape index (κ2) is 4.95. The van der Waals surface area contributed by atoms with Crippen molar-refractivity contribution in [1.29, 1.82) is 0 Å². The fourth-order valence-electron chi connectivity index (χ4n) is 1.62. The second-order valence-electron chi connectivity index (χ2n) is 3.71. The smallest absolute Gasteiger partial charge is 0.219 e. The summed E-state index contributed by atoms with van der Waals surface area (Å²) in [7, 11) is 0. The van der Waals surface area contributed by atoms with Crippen LogP contribution in [-0.4, -0.2) is 20.5 Å². The third-order valence-corrected chi connectivity index (χ3v) is 2.51.